The van der Waals surface area contributed by atoms with Crippen LogP contribution in [-0.4, -0.2) is 120 Å². The van der Waals surface area contributed by atoms with E-state index < -0.39 is 0 Å². The molecule has 4 heteroatoms. The maximum atomic E-state index is 2.61. The maximum Gasteiger partial charge on any atom is 0.0838 e. The van der Waals surface area contributed by atoms with Crippen molar-refractivity contribution in [3.63, 3.8) is 0 Å². The number of hydrogen-bond donors (Lipinski definition) is 0. The molecule has 0 amide bonds. The van der Waals surface area contributed by atoms with E-state index in [4.69, 9.17) is 0 Å². The first-order valence-electron chi connectivity index (χ1n) is 26.4. The molecule has 0 aromatic carbocycles. The van der Waals surface area contributed by atoms with Gasteiger partial charge in [-0.05, 0) is 111 Å². The van der Waals surface area contributed by atoms with Crippen LogP contribution in [-0.2, 0) is 0 Å². The third-order valence-corrected chi connectivity index (χ3v) is 13.1. The molecular weight excluding hydrogens is 705 g/mol. The van der Waals surface area contributed by atoms with Crippen LogP contribution in [0.2, 0.25) is 0 Å². The van der Waals surface area contributed by atoms with Gasteiger partial charge in [0.25, 0.3) is 0 Å². The van der Waals surface area contributed by atoms with Gasteiger partial charge in [-0.15, -0.1) is 0 Å². The Bertz CT molecular complexity index is 890. The molecule has 58 heavy (non-hydrogen) atoms. The summed E-state index contributed by atoms with van der Waals surface area (Å²) in [6, 6.07) is 0. The van der Waals surface area contributed by atoms with Gasteiger partial charge in [0.15, 0.2) is 0 Å². The van der Waals surface area contributed by atoms with Crippen molar-refractivity contribution in [1.29, 1.82) is 0 Å². The van der Waals surface area contributed by atoms with Crippen LogP contribution < -0.4 is 0 Å². The summed E-state index contributed by atoms with van der Waals surface area (Å²) < 4.78 is 3.69. The SMILES string of the molecule is CCCCCCCC/C=C/CCCCCCCC[N+](C)(CCCCN(C)C)CCCC[N+](C)(CCCCCCCC/C=C/CCCCCCCC)CCC[N+](C)(C)C. The standard InChI is InChI=1S/C54H113N4/c1-10-12-14-16-18-20-22-24-26-28-30-32-34-36-38-41-49-57(8,51-43-40-47-55(3)4)52-44-45-53-58(9,54-46-48-56(5,6)7)50-42-39-37-35-33-31-29-27-25-23-21-19-17-15-13-11-2/h24-27H,10-23,28-54H2,1-9H3/q+3/b26-24+,27-25+. The average Bonchev–Trinajstić information content (AvgIpc) is 3.17. The van der Waals surface area contributed by atoms with Crippen LogP contribution in [0.25, 0.3) is 0 Å². The summed E-state index contributed by atoms with van der Waals surface area (Å²) in [5.41, 5.74) is 0. The predicted octanol–water partition coefficient (Wildman–Crippen LogP) is 15.2. The summed E-state index contributed by atoms with van der Waals surface area (Å²) in [4.78, 5) is 2.37. The molecule has 0 aliphatic heterocycles. The van der Waals surface area contributed by atoms with E-state index in [1.165, 1.54) is 273 Å². The molecule has 2 unspecified atom stereocenters. The summed E-state index contributed by atoms with van der Waals surface area (Å²) in [5, 5.41) is 0. The monoisotopic (exact) mass is 818 g/mol. The van der Waals surface area contributed by atoms with Gasteiger partial charge in [0.05, 0.1) is 81.1 Å². The van der Waals surface area contributed by atoms with Gasteiger partial charge in [0.2, 0.25) is 0 Å². The molecular formula is C54H113N4+3. The zero-order chi connectivity index (χ0) is 42.9. The fourth-order valence-corrected chi connectivity index (χ4v) is 8.99. The van der Waals surface area contributed by atoms with Crippen LogP contribution in [0.15, 0.2) is 24.3 Å². The molecule has 0 rings (SSSR count). The fraction of sp³-hybridized carbons (Fsp3) is 0.926. The molecule has 0 radical (unpaired) electrons. The molecule has 0 aromatic heterocycles. The summed E-state index contributed by atoms with van der Waals surface area (Å²) in [6.07, 6.45) is 55.8. The van der Waals surface area contributed by atoms with Gasteiger partial charge >= 0.3 is 0 Å². The van der Waals surface area contributed by atoms with E-state index in [2.05, 4.69) is 92.4 Å². The highest BCUT2D eigenvalue weighted by molar-refractivity contribution is 4.82. The molecule has 0 aromatic rings. The molecule has 0 saturated carbocycles. The normalized spacial score (nSPS) is 14.7. The van der Waals surface area contributed by atoms with E-state index in [1.807, 2.05) is 0 Å². The maximum absolute atomic E-state index is 2.61. The minimum Gasteiger partial charge on any atom is -0.331 e. The molecule has 0 spiro atoms. The summed E-state index contributed by atoms with van der Waals surface area (Å²) in [5.74, 6) is 0. The number of rotatable bonds is 46. The summed E-state index contributed by atoms with van der Waals surface area (Å²) in [7, 11) is 16.8. The van der Waals surface area contributed by atoms with Crippen LogP contribution in [0.1, 0.15) is 226 Å². The van der Waals surface area contributed by atoms with E-state index in [0.29, 0.717) is 0 Å². The van der Waals surface area contributed by atoms with E-state index >= 15 is 0 Å². The van der Waals surface area contributed by atoms with Gasteiger partial charge in [0, 0.05) is 19.3 Å². The van der Waals surface area contributed by atoms with Gasteiger partial charge in [-0.25, -0.2) is 0 Å². The van der Waals surface area contributed by atoms with Gasteiger partial charge in [0.1, 0.15) is 0 Å². The van der Waals surface area contributed by atoms with Crippen LogP contribution in [0.3, 0.4) is 0 Å². The predicted molar refractivity (Wildman–Crippen MR) is 265 cm³/mol. The molecule has 0 fully saturated rings. The van der Waals surface area contributed by atoms with Crippen molar-refractivity contribution in [3.05, 3.63) is 24.3 Å². The largest absolute Gasteiger partial charge is 0.331 e. The van der Waals surface area contributed by atoms with Crippen molar-refractivity contribution in [1.82, 2.24) is 4.90 Å². The second kappa shape index (κ2) is 40.4. The summed E-state index contributed by atoms with van der Waals surface area (Å²) >= 11 is 0. The Labute approximate surface area is 368 Å². The smallest absolute Gasteiger partial charge is 0.0838 e. The number of nitrogens with zero attached hydrogens (tertiary/aromatic N) is 4. The Kier molecular flexibility index (Phi) is 39.9. The molecule has 2 atom stereocenters. The van der Waals surface area contributed by atoms with E-state index in [1.54, 1.807) is 0 Å². The number of unbranched alkanes of at least 4 members (excludes halogenated alkanes) is 26. The number of allylic oxidation sites excluding steroid dienone is 4. The Morgan fingerprint density at radius 3 is 0.862 bits per heavy atom. The van der Waals surface area contributed by atoms with Crippen molar-refractivity contribution in [2.75, 3.05) is 102 Å². The summed E-state index contributed by atoms with van der Waals surface area (Å²) in [6.45, 7) is 15.4. The van der Waals surface area contributed by atoms with Crippen LogP contribution >= 0.6 is 0 Å². The second-order valence-electron chi connectivity index (χ2n) is 21.0. The third-order valence-electron chi connectivity index (χ3n) is 13.1. The molecule has 0 bridgehead atoms. The van der Waals surface area contributed by atoms with Crippen molar-refractivity contribution < 1.29 is 13.4 Å². The first kappa shape index (κ1) is 57.3. The highest BCUT2D eigenvalue weighted by Crippen LogP contribution is 2.18. The molecule has 0 aliphatic rings. The Balaban J connectivity index is 4.58. The molecule has 0 heterocycles. The molecule has 0 aliphatic carbocycles. The van der Waals surface area contributed by atoms with Gasteiger partial charge in [-0.3, -0.25) is 0 Å². The van der Waals surface area contributed by atoms with Crippen LogP contribution in [0.5, 0.6) is 0 Å². The Hall–Kier alpha value is -0.680. The molecule has 4 nitrogen and oxygen atoms in total. The van der Waals surface area contributed by atoms with Crippen LogP contribution in [0.4, 0.5) is 0 Å². The van der Waals surface area contributed by atoms with E-state index in [-0.39, 0.29) is 0 Å². The van der Waals surface area contributed by atoms with E-state index in [0.717, 1.165) is 4.48 Å². The first-order valence-corrected chi connectivity index (χ1v) is 26.4. The zero-order valence-corrected chi connectivity index (χ0v) is 42.1. The highest BCUT2D eigenvalue weighted by atomic mass is 15.3. The Morgan fingerprint density at radius 1 is 0.293 bits per heavy atom. The second-order valence-corrected chi connectivity index (χ2v) is 21.0. The lowest BCUT2D eigenvalue weighted by Crippen LogP contribution is -2.49. The highest BCUT2D eigenvalue weighted by Gasteiger charge is 2.25. The van der Waals surface area contributed by atoms with Gasteiger partial charge < -0.3 is 18.3 Å². The third kappa shape index (κ3) is 42.0. The lowest BCUT2D eigenvalue weighted by atomic mass is 10.1. The topological polar surface area (TPSA) is 3.24 Å². The first-order chi connectivity index (χ1) is 28.0. The van der Waals surface area contributed by atoms with E-state index in [9.17, 15) is 0 Å². The Morgan fingerprint density at radius 2 is 0.552 bits per heavy atom. The quantitative estimate of drug-likeness (QED) is 0.0336. The van der Waals surface area contributed by atoms with Crippen molar-refractivity contribution in [2.24, 2.45) is 0 Å². The van der Waals surface area contributed by atoms with Gasteiger partial charge in [-0.1, -0.05) is 141 Å². The average molecular weight is 819 g/mol. The lowest BCUT2D eigenvalue weighted by Gasteiger charge is -2.37. The minimum atomic E-state index is 1.09. The molecule has 0 saturated heterocycles. The van der Waals surface area contributed by atoms with Crippen molar-refractivity contribution in [3.8, 4) is 0 Å². The lowest BCUT2D eigenvalue weighted by molar-refractivity contribution is -0.920. The molecule has 346 valence electrons. The zero-order valence-electron chi connectivity index (χ0n) is 42.1. The fourth-order valence-electron chi connectivity index (χ4n) is 8.99. The van der Waals surface area contributed by atoms with Crippen LogP contribution in [0, 0.1) is 0 Å². The van der Waals surface area contributed by atoms with Crippen molar-refractivity contribution >= 4 is 0 Å². The minimum absolute atomic E-state index is 1.09. The number of quaternary nitrogens is 3. The number of hydrogen-bond acceptors (Lipinski definition) is 1. The molecule has 0 N–H and O–H groups in total. The van der Waals surface area contributed by atoms with Crippen molar-refractivity contribution in [2.45, 2.75) is 226 Å². The van der Waals surface area contributed by atoms with Gasteiger partial charge in [-0.2, -0.15) is 0 Å².